The number of nitrogens with zero attached hydrogens (tertiary/aromatic N) is 3. The van der Waals surface area contributed by atoms with Gasteiger partial charge in [0, 0.05) is 13.1 Å². The number of benzene rings is 2. The van der Waals surface area contributed by atoms with Crippen LogP contribution in [0.25, 0.3) is 10.2 Å². The van der Waals surface area contributed by atoms with Crippen LogP contribution in [0.1, 0.15) is 26.3 Å². The molecule has 0 aliphatic carbocycles. The number of aromatic nitrogens is 1. The van der Waals surface area contributed by atoms with Crippen LogP contribution in [-0.2, 0) is 11.2 Å². The molecular weight excluding hydrogens is 418 g/mol. The number of likely N-dealkylation sites (N-methyl/N-ethyl adjacent to an activating group) is 1. The monoisotopic (exact) mass is 445 g/mol. The lowest BCUT2D eigenvalue weighted by atomic mass is 10.1. The number of para-hydroxylation sites is 1. The summed E-state index contributed by atoms with van der Waals surface area (Å²) in [4.78, 5) is 22.1. The van der Waals surface area contributed by atoms with Crippen molar-refractivity contribution in [2.75, 3.05) is 37.7 Å². The molecule has 0 spiro atoms. The number of thiazole rings is 1. The Bertz CT molecular complexity index is 970. The van der Waals surface area contributed by atoms with E-state index in [0.29, 0.717) is 29.7 Å². The van der Waals surface area contributed by atoms with Gasteiger partial charge in [0.2, 0.25) is 5.91 Å². The Balaban J connectivity index is 1.83. The average Bonchev–Trinajstić information content (AvgIpc) is 3.18. The van der Waals surface area contributed by atoms with Gasteiger partial charge in [0.1, 0.15) is 11.3 Å². The fourth-order valence-electron chi connectivity index (χ4n) is 3.27. The molecule has 0 radical (unpaired) electrons. The van der Waals surface area contributed by atoms with Crippen molar-refractivity contribution in [1.29, 1.82) is 0 Å². The van der Waals surface area contributed by atoms with Crippen LogP contribution in [0.5, 0.6) is 5.75 Å². The van der Waals surface area contributed by atoms with E-state index in [2.05, 4.69) is 18.7 Å². The quantitative estimate of drug-likeness (QED) is 0.426. The van der Waals surface area contributed by atoms with Crippen LogP contribution in [0.2, 0.25) is 5.02 Å². The molecular formula is C23H28ClN3O2S. The number of hydrogen-bond donors (Lipinski definition) is 0. The molecule has 1 aromatic heterocycles. The molecule has 0 bridgehead atoms. The molecule has 160 valence electrons. The molecule has 1 heterocycles. The predicted octanol–water partition coefficient (Wildman–Crippen LogP) is 5.27. The second-order valence-electron chi connectivity index (χ2n) is 6.91. The topological polar surface area (TPSA) is 45.7 Å². The Kier molecular flexibility index (Phi) is 8.08. The Morgan fingerprint density at radius 1 is 1.07 bits per heavy atom. The van der Waals surface area contributed by atoms with Gasteiger partial charge in [-0.2, -0.15) is 0 Å². The van der Waals surface area contributed by atoms with Gasteiger partial charge >= 0.3 is 0 Å². The van der Waals surface area contributed by atoms with Crippen molar-refractivity contribution in [3.8, 4) is 5.75 Å². The maximum Gasteiger partial charge on any atom is 0.233 e. The van der Waals surface area contributed by atoms with Gasteiger partial charge in [0.25, 0.3) is 0 Å². The highest BCUT2D eigenvalue weighted by Gasteiger charge is 2.21. The normalized spacial score (nSPS) is 11.2. The highest BCUT2D eigenvalue weighted by atomic mass is 35.5. The number of fused-ring (bicyclic) bond motifs is 1. The van der Waals surface area contributed by atoms with Crippen molar-refractivity contribution in [1.82, 2.24) is 9.88 Å². The molecule has 0 aliphatic heterocycles. The van der Waals surface area contributed by atoms with E-state index in [1.54, 1.807) is 4.90 Å². The van der Waals surface area contributed by atoms with Gasteiger partial charge in [-0.15, -0.1) is 0 Å². The SMILES string of the molecule is CCOc1ccc(CC(=O)N(CCN(CC)CC)c2nc3c(Cl)cccc3s2)cc1. The van der Waals surface area contributed by atoms with Crippen molar-refractivity contribution in [3.63, 3.8) is 0 Å². The number of carbonyl (C=O) groups excluding carboxylic acids is 1. The predicted molar refractivity (Wildman–Crippen MR) is 126 cm³/mol. The van der Waals surface area contributed by atoms with Gasteiger partial charge in [-0.1, -0.05) is 55.0 Å². The van der Waals surface area contributed by atoms with E-state index in [0.717, 1.165) is 41.2 Å². The minimum atomic E-state index is 0.0292. The summed E-state index contributed by atoms with van der Waals surface area (Å²) in [6.45, 7) is 10.1. The molecule has 3 aromatic rings. The van der Waals surface area contributed by atoms with E-state index < -0.39 is 0 Å². The van der Waals surface area contributed by atoms with Crippen molar-refractivity contribution >= 4 is 44.2 Å². The van der Waals surface area contributed by atoms with Crippen molar-refractivity contribution in [2.45, 2.75) is 27.2 Å². The standard InChI is InChI=1S/C23H28ClN3O2S/c1-4-26(5-2)14-15-27(23-25-22-19(24)8-7-9-20(22)30-23)21(28)16-17-10-12-18(13-11-17)29-6-3/h7-13H,4-6,14-16H2,1-3H3. The molecule has 7 heteroatoms. The largest absolute Gasteiger partial charge is 0.494 e. The van der Waals surface area contributed by atoms with Gasteiger partial charge in [-0.3, -0.25) is 9.69 Å². The Labute approximate surface area is 187 Å². The zero-order valence-corrected chi connectivity index (χ0v) is 19.3. The van der Waals surface area contributed by atoms with Crippen molar-refractivity contribution in [3.05, 3.63) is 53.1 Å². The number of halogens is 1. The number of hydrogen-bond acceptors (Lipinski definition) is 5. The highest BCUT2D eigenvalue weighted by molar-refractivity contribution is 7.22. The van der Waals surface area contributed by atoms with Crippen LogP contribution < -0.4 is 9.64 Å². The summed E-state index contributed by atoms with van der Waals surface area (Å²) in [5.74, 6) is 0.842. The Morgan fingerprint density at radius 3 is 2.43 bits per heavy atom. The van der Waals surface area contributed by atoms with Crippen LogP contribution in [0.4, 0.5) is 5.13 Å². The number of rotatable bonds is 10. The number of amides is 1. The van der Waals surface area contributed by atoms with Gasteiger partial charge in [0.05, 0.1) is 22.8 Å². The molecule has 30 heavy (non-hydrogen) atoms. The molecule has 0 saturated carbocycles. The molecule has 2 aromatic carbocycles. The molecule has 3 rings (SSSR count). The van der Waals surface area contributed by atoms with E-state index in [-0.39, 0.29) is 5.91 Å². The third-order valence-electron chi connectivity index (χ3n) is 5.01. The highest BCUT2D eigenvalue weighted by Crippen LogP contribution is 2.33. The minimum absolute atomic E-state index is 0.0292. The fraction of sp³-hybridized carbons (Fsp3) is 0.391. The average molecular weight is 446 g/mol. The van der Waals surface area contributed by atoms with Gasteiger partial charge < -0.3 is 9.64 Å². The van der Waals surface area contributed by atoms with Crippen molar-refractivity contribution < 1.29 is 9.53 Å². The van der Waals surface area contributed by atoms with E-state index in [1.165, 1.54) is 11.3 Å². The summed E-state index contributed by atoms with van der Waals surface area (Å²) in [6, 6.07) is 13.4. The first-order valence-corrected chi connectivity index (χ1v) is 11.5. The van der Waals surface area contributed by atoms with E-state index in [1.807, 2.05) is 49.4 Å². The maximum absolute atomic E-state index is 13.3. The van der Waals surface area contributed by atoms with Crippen molar-refractivity contribution in [2.24, 2.45) is 0 Å². The summed E-state index contributed by atoms with van der Waals surface area (Å²) < 4.78 is 6.48. The lowest BCUT2D eigenvalue weighted by Gasteiger charge is -2.24. The molecule has 5 nitrogen and oxygen atoms in total. The Morgan fingerprint density at radius 2 is 1.80 bits per heavy atom. The summed E-state index contributed by atoms with van der Waals surface area (Å²) >= 11 is 7.82. The number of ether oxygens (including phenoxy) is 1. The molecule has 0 saturated heterocycles. The Hall–Kier alpha value is -2.15. The molecule has 0 atom stereocenters. The minimum Gasteiger partial charge on any atom is -0.494 e. The smallest absolute Gasteiger partial charge is 0.233 e. The fourth-order valence-corrected chi connectivity index (χ4v) is 4.58. The number of carbonyl (C=O) groups is 1. The van der Waals surface area contributed by atoms with E-state index in [9.17, 15) is 4.79 Å². The van der Waals surface area contributed by atoms with Gasteiger partial charge in [-0.05, 0) is 49.8 Å². The van der Waals surface area contributed by atoms with Crippen LogP contribution in [-0.4, -0.2) is 48.6 Å². The zero-order chi connectivity index (χ0) is 21.5. The molecule has 1 amide bonds. The summed E-state index contributed by atoms with van der Waals surface area (Å²) in [5, 5.41) is 1.30. The molecule has 0 aliphatic rings. The summed E-state index contributed by atoms with van der Waals surface area (Å²) in [5.41, 5.74) is 1.70. The second kappa shape index (κ2) is 10.8. The van der Waals surface area contributed by atoms with Gasteiger partial charge in [0.15, 0.2) is 5.13 Å². The first-order valence-electron chi connectivity index (χ1n) is 10.3. The number of anilines is 1. The summed E-state index contributed by atoms with van der Waals surface area (Å²) in [6.07, 6.45) is 0.314. The summed E-state index contributed by atoms with van der Waals surface area (Å²) in [7, 11) is 0. The van der Waals surface area contributed by atoms with Crippen LogP contribution in [0.15, 0.2) is 42.5 Å². The van der Waals surface area contributed by atoms with Crippen LogP contribution in [0, 0.1) is 0 Å². The lowest BCUT2D eigenvalue weighted by molar-refractivity contribution is -0.118. The van der Waals surface area contributed by atoms with E-state index in [4.69, 9.17) is 21.3 Å². The molecule has 0 unspecified atom stereocenters. The second-order valence-corrected chi connectivity index (χ2v) is 8.33. The van der Waals surface area contributed by atoms with Crippen LogP contribution >= 0.6 is 22.9 Å². The first kappa shape index (κ1) is 22.5. The maximum atomic E-state index is 13.3. The molecule has 0 N–H and O–H groups in total. The zero-order valence-electron chi connectivity index (χ0n) is 17.7. The van der Waals surface area contributed by atoms with E-state index >= 15 is 0 Å². The third-order valence-corrected chi connectivity index (χ3v) is 6.36. The third kappa shape index (κ3) is 5.50. The lowest BCUT2D eigenvalue weighted by Crippen LogP contribution is -2.39. The van der Waals surface area contributed by atoms with Gasteiger partial charge in [-0.25, -0.2) is 4.98 Å². The van der Waals surface area contributed by atoms with Crippen LogP contribution in [0.3, 0.4) is 0 Å². The molecule has 0 fully saturated rings. The first-order chi connectivity index (χ1) is 14.5.